The van der Waals surface area contributed by atoms with Gasteiger partial charge < -0.3 is 4.98 Å². The van der Waals surface area contributed by atoms with Crippen LogP contribution in [-0.2, 0) is 6.18 Å². The number of Topliss-reactive ketones (excluding diaryl/α,β-unsaturated/α-hetero) is 1. The molecule has 1 aromatic carbocycles. The molecule has 20 heavy (non-hydrogen) atoms. The third-order valence-corrected chi connectivity index (χ3v) is 2.80. The van der Waals surface area contributed by atoms with E-state index in [0.717, 1.165) is 6.07 Å². The van der Waals surface area contributed by atoms with Gasteiger partial charge >= 0.3 is 11.9 Å². The van der Waals surface area contributed by atoms with Crippen LogP contribution >= 0.6 is 0 Å². The number of halogens is 3. The van der Waals surface area contributed by atoms with Gasteiger partial charge in [0.05, 0.1) is 16.5 Å². The van der Waals surface area contributed by atoms with E-state index < -0.39 is 34.3 Å². The normalized spacial score (nSPS) is 11.8. The van der Waals surface area contributed by atoms with Gasteiger partial charge in [0.15, 0.2) is 5.78 Å². The van der Waals surface area contributed by atoms with Gasteiger partial charge in [-0.2, -0.15) is 13.2 Å². The Morgan fingerprint density at radius 1 is 1.20 bits per heavy atom. The zero-order valence-electron chi connectivity index (χ0n) is 10.2. The van der Waals surface area contributed by atoms with Gasteiger partial charge in [-0.1, -0.05) is 6.92 Å². The Morgan fingerprint density at radius 3 is 2.40 bits per heavy atom. The molecule has 0 unspecified atom stereocenters. The summed E-state index contributed by atoms with van der Waals surface area (Å²) in [5.41, 5.74) is -3.77. The number of aromatic amines is 2. The van der Waals surface area contributed by atoms with Crippen molar-refractivity contribution in [3.8, 4) is 0 Å². The Labute approximate surface area is 109 Å². The first-order valence-electron chi connectivity index (χ1n) is 5.64. The van der Waals surface area contributed by atoms with E-state index in [1.807, 2.05) is 4.98 Å². The number of hydrogen-bond donors (Lipinski definition) is 2. The molecule has 2 aromatic rings. The Hall–Kier alpha value is -2.38. The van der Waals surface area contributed by atoms with Crippen LogP contribution in [0.15, 0.2) is 21.7 Å². The van der Waals surface area contributed by atoms with Crippen LogP contribution in [-0.4, -0.2) is 15.8 Å². The van der Waals surface area contributed by atoms with Crippen molar-refractivity contribution in [2.24, 2.45) is 0 Å². The minimum absolute atomic E-state index is 0.129. The first kappa shape index (κ1) is 14.0. The zero-order valence-corrected chi connectivity index (χ0v) is 10.2. The highest BCUT2D eigenvalue weighted by molar-refractivity contribution is 6.00. The van der Waals surface area contributed by atoms with Crippen LogP contribution in [0.25, 0.3) is 10.9 Å². The summed E-state index contributed by atoms with van der Waals surface area (Å²) >= 11 is 0. The molecule has 106 valence electrons. The number of hydrogen-bond acceptors (Lipinski definition) is 3. The second-order valence-electron chi connectivity index (χ2n) is 4.13. The first-order chi connectivity index (χ1) is 9.24. The zero-order chi connectivity index (χ0) is 15.1. The van der Waals surface area contributed by atoms with E-state index in [9.17, 15) is 27.6 Å². The molecule has 0 spiro atoms. The maximum Gasteiger partial charge on any atom is 0.417 e. The molecule has 1 aromatic heterocycles. The molecule has 0 aliphatic carbocycles. The van der Waals surface area contributed by atoms with Gasteiger partial charge in [-0.25, -0.2) is 4.79 Å². The van der Waals surface area contributed by atoms with Crippen LogP contribution in [0.2, 0.25) is 0 Å². The molecule has 2 rings (SSSR count). The van der Waals surface area contributed by atoms with E-state index in [1.165, 1.54) is 6.92 Å². The third kappa shape index (κ3) is 2.36. The average Bonchev–Trinajstić information content (AvgIpc) is 2.35. The summed E-state index contributed by atoms with van der Waals surface area (Å²) in [5, 5.41) is -0.172. The Kier molecular flexibility index (Phi) is 3.24. The molecular formula is C12H9F3N2O3. The summed E-state index contributed by atoms with van der Waals surface area (Å²) in [4.78, 5) is 38.3. The van der Waals surface area contributed by atoms with E-state index in [-0.39, 0.29) is 17.3 Å². The monoisotopic (exact) mass is 286 g/mol. The summed E-state index contributed by atoms with van der Waals surface area (Å²) in [6, 6.07) is 1.47. The van der Waals surface area contributed by atoms with Gasteiger partial charge in [0.2, 0.25) is 0 Å². The van der Waals surface area contributed by atoms with E-state index in [2.05, 4.69) is 4.98 Å². The molecule has 0 aliphatic rings. The number of nitrogens with one attached hydrogen (secondary N) is 2. The molecule has 2 N–H and O–H groups in total. The lowest BCUT2D eigenvalue weighted by molar-refractivity contribution is -0.137. The minimum Gasteiger partial charge on any atom is -0.307 e. The molecule has 5 nitrogen and oxygen atoms in total. The second-order valence-corrected chi connectivity index (χ2v) is 4.13. The lowest BCUT2D eigenvalue weighted by Crippen LogP contribution is -2.23. The van der Waals surface area contributed by atoms with Gasteiger partial charge in [0.1, 0.15) is 0 Å². The highest BCUT2D eigenvalue weighted by atomic mass is 19.4. The Morgan fingerprint density at radius 2 is 1.85 bits per heavy atom. The van der Waals surface area contributed by atoms with Crippen LogP contribution in [0.4, 0.5) is 13.2 Å². The molecule has 0 atom stereocenters. The fourth-order valence-corrected chi connectivity index (χ4v) is 1.87. The van der Waals surface area contributed by atoms with Crippen LogP contribution in [0.5, 0.6) is 0 Å². The standard InChI is InChI=1S/C12H9F3N2O3/c1-2-9(18)5-3-6-8(4-7(5)12(13,14)15)16-11(20)17-10(6)19/h3-4H,2H2,1H3,(H2,16,17,19,20). The van der Waals surface area contributed by atoms with Gasteiger partial charge in [-0.05, 0) is 12.1 Å². The number of alkyl halides is 3. The third-order valence-electron chi connectivity index (χ3n) is 2.80. The van der Waals surface area contributed by atoms with Crippen molar-refractivity contribution in [3.63, 3.8) is 0 Å². The molecule has 1 heterocycles. The molecule has 0 aliphatic heterocycles. The van der Waals surface area contributed by atoms with Gasteiger partial charge in [0, 0.05) is 12.0 Å². The maximum atomic E-state index is 12.9. The molecule has 0 saturated heterocycles. The predicted molar refractivity (Wildman–Crippen MR) is 64.8 cm³/mol. The number of carbonyl (C=O) groups is 1. The number of fused-ring (bicyclic) bond motifs is 1. The summed E-state index contributed by atoms with van der Waals surface area (Å²) < 4.78 is 38.8. The summed E-state index contributed by atoms with van der Waals surface area (Å²) in [6.45, 7) is 1.42. The van der Waals surface area contributed by atoms with E-state index in [4.69, 9.17) is 0 Å². The minimum atomic E-state index is -4.76. The quantitative estimate of drug-likeness (QED) is 0.826. The lowest BCUT2D eigenvalue weighted by atomic mass is 9.99. The fourth-order valence-electron chi connectivity index (χ4n) is 1.87. The van der Waals surface area contributed by atoms with Gasteiger partial charge in [-0.15, -0.1) is 0 Å². The van der Waals surface area contributed by atoms with Crippen LogP contribution in [0, 0.1) is 0 Å². The van der Waals surface area contributed by atoms with Gasteiger partial charge in [-0.3, -0.25) is 14.6 Å². The van der Waals surface area contributed by atoms with Crippen molar-refractivity contribution < 1.29 is 18.0 Å². The highest BCUT2D eigenvalue weighted by Crippen LogP contribution is 2.34. The van der Waals surface area contributed by atoms with Crippen molar-refractivity contribution in [1.29, 1.82) is 0 Å². The first-order valence-corrected chi connectivity index (χ1v) is 5.64. The van der Waals surface area contributed by atoms with Gasteiger partial charge in [0.25, 0.3) is 5.56 Å². The lowest BCUT2D eigenvalue weighted by Gasteiger charge is -2.12. The molecule has 0 saturated carbocycles. The average molecular weight is 286 g/mol. The van der Waals surface area contributed by atoms with Crippen LogP contribution in [0.3, 0.4) is 0 Å². The summed E-state index contributed by atoms with van der Waals surface area (Å²) in [6.07, 6.45) is -4.89. The largest absolute Gasteiger partial charge is 0.417 e. The van der Waals surface area contributed by atoms with Crippen LogP contribution < -0.4 is 11.2 Å². The highest BCUT2D eigenvalue weighted by Gasteiger charge is 2.35. The smallest absolute Gasteiger partial charge is 0.307 e. The number of aromatic nitrogens is 2. The number of benzene rings is 1. The summed E-state index contributed by atoms with van der Waals surface area (Å²) in [5.74, 6) is -0.732. The van der Waals surface area contributed by atoms with Crippen molar-refractivity contribution in [2.45, 2.75) is 19.5 Å². The molecular weight excluding hydrogens is 277 g/mol. The van der Waals surface area contributed by atoms with Crippen LogP contribution in [0.1, 0.15) is 29.3 Å². The molecule has 0 amide bonds. The Bertz CT molecular complexity index is 802. The SMILES string of the molecule is CCC(=O)c1cc2c(=O)[nH]c(=O)[nH]c2cc1C(F)(F)F. The fraction of sp³-hybridized carbons (Fsp3) is 0.250. The molecule has 0 fully saturated rings. The maximum absolute atomic E-state index is 12.9. The molecule has 8 heteroatoms. The Balaban J connectivity index is 2.93. The number of carbonyl (C=O) groups excluding carboxylic acids is 1. The van der Waals surface area contributed by atoms with Crippen molar-refractivity contribution >= 4 is 16.7 Å². The van der Waals surface area contributed by atoms with E-state index in [0.29, 0.717) is 6.07 Å². The predicted octanol–water partition coefficient (Wildman–Crippen LogP) is 1.83. The number of ketones is 1. The van der Waals surface area contributed by atoms with Crippen molar-refractivity contribution in [3.05, 3.63) is 44.1 Å². The van der Waals surface area contributed by atoms with E-state index >= 15 is 0 Å². The molecule has 0 radical (unpaired) electrons. The molecule has 0 bridgehead atoms. The second kappa shape index (κ2) is 4.62. The summed E-state index contributed by atoms with van der Waals surface area (Å²) in [7, 11) is 0. The van der Waals surface area contributed by atoms with E-state index in [1.54, 1.807) is 0 Å². The van der Waals surface area contributed by atoms with Crippen molar-refractivity contribution in [2.75, 3.05) is 0 Å². The number of H-pyrrole nitrogens is 2. The van der Waals surface area contributed by atoms with Crippen molar-refractivity contribution in [1.82, 2.24) is 9.97 Å². The number of rotatable bonds is 2. The topological polar surface area (TPSA) is 82.8 Å².